The molecule has 0 unspecified atom stereocenters. The number of nitrogens with one attached hydrogen (secondary N) is 3. The van der Waals surface area contributed by atoms with Crippen LogP contribution in [-0.2, 0) is 6.54 Å². The van der Waals surface area contributed by atoms with Crippen molar-refractivity contribution >= 4 is 29.1 Å². The van der Waals surface area contributed by atoms with Crippen LogP contribution in [0, 0.1) is 0 Å². The van der Waals surface area contributed by atoms with Gasteiger partial charge in [0, 0.05) is 49.3 Å². The molecule has 3 amide bonds. The molecule has 0 saturated heterocycles. The van der Waals surface area contributed by atoms with E-state index in [1.165, 1.54) is 0 Å². The molecule has 3 N–H and O–H groups in total. The van der Waals surface area contributed by atoms with Gasteiger partial charge in [0.15, 0.2) is 0 Å². The number of carbonyl (C=O) groups is 2. The lowest BCUT2D eigenvalue weighted by molar-refractivity contribution is 0.102. The molecule has 2 aromatic carbocycles. The summed E-state index contributed by atoms with van der Waals surface area (Å²) in [5, 5.41) is 8.40. The number of hydrogen-bond donors (Lipinski definition) is 3. The van der Waals surface area contributed by atoms with Crippen molar-refractivity contribution in [2.24, 2.45) is 0 Å². The maximum atomic E-state index is 12.3. The summed E-state index contributed by atoms with van der Waals surface area (Å²) in [6, 6.07) is 19.4. The van der Waals surface area contributed by atoms with Crippen molar-refractivity contribution in [2.45, 2.75) is 6.54 Å². The zero-order chi connectivity index (χ0) is 20.6. The lowest BCUT2D eigenvalue weighted by Crippen LogP contribution is -2.29. The molecule has 0 fully saturated rings. The largest absolute Gasteiger partial charge is 0.362 e. The van der Waals surface area contributed by atoms with E-state index in [0.29, 0.717) is 17.8 Å². The van der Waals surface area contributed by atoms with Crippen molar-refractivity contribution in [2.75, 3.05) is 29.6 Å². The first-order valence-electron chi connectivity index (χ1n) is 9.15. The van der Waals surface area contributed by atoms with Gasteiger partial charge in [0.25, 0.3) is 5.91 Å². The number of aromatic nitrogens is 1. The average molecular weight is 389 g/mol. The molecule has 0 saturated carbocycles. The van der Waals surface area contributed by atoms with Crippen LogP contribution in [0.1, 0.15) is 15.9 Å². The van der Waals surface area contributed by atoms with Crippen molar-refractivity contribution in [3.63, 3.8) is 0 Å². The number of urea groups is 1. The van der Waals surface area contributed by atoms with Crippen molar-refractivity contribution in [3.8, 4) is 0 Å². The van der Waals surface area contributed by atoms with E-state index in [4.69, 9.17) is 0 Å². The zero-order valence-electron chi connectivity index (χ0n) is 16.3. The quantitative estimate of drug-likeness (QED) is 0.600. The Kier molecular flexibility index (Phi) is 6.42. The van der Waals surface area contributed by atoms with Gasteiger partial charge in [0.05, 0.1) is 0 Å². The van der Waals surface area contributed by atoms with Crippen molar-refractivity contribution in [1.82, 2.24) is 10.3 Å². The van der Waals surface area contributed by atoms with Gasteiger partial charge in [-0.2, -0.15) is 0 Å². The summed E-state index contributed by atoms with van der Waals surface area (Å²) in [6.45, 7) is 0.352. The molecule has 0 atom stereocenters. The maximum absolute atomic E-state index is 12.3. The molecule has 1 heterocycles. The molecular formula is C22H23N5O2. The molecule has 7 heteroatoms. The summed E-state index contributed by atoms with van der Waals surface area (Å²) < 4.78 is 0. The van der Waals surface area contributed by atoms with Crippen LogP contribution in [0.4, 0.5) is 22.0 Å². The summed E-state index contributed by atoms with van der Waals surface area (Å²) in [7, 11) is 3.81. The van der Waals surface area contributed by atoms with Crippen LogP contribution in [-0.4, -0.2) is 31.0 Å². The minimum Gasteiger partial charge on any atom is -0.362 e. The van der Waals surface area contributed by atoms with Gasteiger partial charge in [0.2, 0.25) is 0 Å². The lowest BCUT2D eigenvalue weighted by Gasteiger charge is -2.16. The zero-order valence-corrected chi connectivity index (χ0v) is 16.3. The Morgan fingerprint density at radius 1 is 0.862 bits per heavy atom. The molecule has 3 rings (SSSR count). The molecule has 0 spiro atoms. The van der Waals surface area contributed by atoms with E-state index in [9.17, 15) is 9.59 Å². The second-order valence-corrected chi connectivity index (χ2v) is 6.59. The molecule has 148 valence electrons. The third-order valence-electron chi connectivity index (χ3n) is 4.17. The second kappa shape index (κ2) is 9.36. The van der Waals surface area contributed by atoms with Crippen molar-refractivity contribution in [3.05, 3.63) is 84.1 Å². The number of amides is 3. The van der Waals surface area contributed by atoms with Crippen LogP contribution >= 0.6 is 0 Å². The SMILES string of the molecule is CN(C)c1ncccc1CNC(=O)Nc1ccc(C(=O)Nc2ccccc2)cc1. The summed E-state index contributed by atoms with van der Waals surface area (Å²) >= 11 is 0. The Bertz CT molecular complexity index is 972. The molecule has 0 radical (unpaired) electrons. The fourth-order valence-corrected chi connectivity index (χ4v) is 2.75. The van der Waals surface area contributed by atoms with E-state index in [2.05, 4.69) is 20.9 Å². The number of pyridine rings is 1. The number of para-hydroxylation sites is 1. The van der Waals surface area contributed by atoms with Crippen molar-refractivity contribution < 1.29 is 9.59 Å². The molecule has 3 aromatic rings. The van der Waals surface area contributed by atoms with Gasteiger partial charge < -0.3 is 20.9 Å². The Hall–Kier alpha value is -3.87. The summed E-state index contributed by atoms with van der Waals surface area (Å²) in [6.07, 6.45) is 1.72. The molecule has 7 nitrogen and oxygen atoms in total. The number of rotatable bonds is 6. The van der Waals surface area contributed by atoms with Crippen LogP contribution in [0.25, 0.3) is 0 Å². The number of benzene rings is 2. The first-order chi connectivity index (χ1) is 14.0. The van der Waals surface area contributed by atoms with Gasteiger partial charge in [-0.25, -0.2) is 9.78 Å². The monoisotopic (exact) mass is 389 g/mol. The standard InChI is InChI=1S/C22H23N5O2/c1-27(2)20-17(7-6-14-23-20)15-24-22(29)26-19-12-10-16(11-13-19)21(28)25-18-8-4-3-5-9-18/h3-14H,15H2,1-2H3,(H,25,28)(H2,24,26,29). The van der Waals surface area contributed by atoms with Gasteiger partial charge >= 0.3 is 6.03 Å². The van der Waals surface area contributed by atoms with Gasteiger partial charge in [-0.3, -0.25) is 4.79 Å². The third kappa shape index (κ3) is 5.55. The minimum absolute atomic E-state index is 0.208. The van der Waals surface area contributed by atoms with Gasteiger partial charge in [-0.1, -0.05) is 24.3 Å². The van der Waals surface area contributed by atoms with Crippen LogP contribution < -0.4 is 20.9 Å². The van der Waals surface area contributed by atoms with Crippen LogP contribution in [0.3, 0.4) is 0 Å². The van der Waals surface area contributed by atoms with Crippen LogP contribution in [0.2, 0.25) is 0 Å². The van der Waals surface area contributed by atoms with E-state index >= 15 is 0 Å². The Morgan fingerprint density at radius 2 is 1.55 bits per heavy atom. The molecular weight excluding hydrogens is 366 g/mol. The van der Waals surface area contributed by atoms with E-state index in [1.807, 2.05) is 61.5 Å². The fraction of sp³-hybridized carbons (Fsp3) is 0.136. The molecule has 29 heavy (non-hydrogen) atoms. The molecule has 0 aliphatic carbocycles. The van der Waals surface area contributed by atoms with Crippen molar-refractivity contribution in [1.29, 1.82) is 0 Å². The third-order valence-corrected chi connectivity index (χ3v) is 4.17. The van der Waals surface area contributed by atoms with Crippen LogP contribution in [0.5, 0.6) is 0 Å². The van der Waals surface area contributed by atoms with Crippen LogP contribution in [0.15, 0.2) is 72.9 Å². The highest BCUT2D eigenvalue weighted by molar-refractivity contribution is 6.04. The highest BCUT2D eigenvalue weighted by atomic mass is 16.2. The van der Waals surface area contributed by atoms with Gasteiger partial charge in [-0.15, -0.1) is 0 Å². The number of nitrogens with zero attached hydrogens (tertiary/aromatic N) is 2. The minimum atomic E-state index is -0.333. The normalized spacial score (nSPS) is 10.1. The first kappa shape index (κ1) is 19.9. The first-order valence-corrected chi connectivity index (χ1v) is 9.15. The smallest absolute Gasteiger partial charge is 0.319 e. The lowest BCUT2D eigenvalue weighted by atomic mass is 10.2. The predicted molar refractivity (Wildman–Crippen MR) is 115 cm³/mol. The highest BCUT2D eigenvalue weighted by Crippen LogP contribution is 2.15. The summed E-state index contributed by atoms with van der Waals surface area (Å²) in [5.41, 5.74) is 2.75. The molecule has 0 aliphatic rings. The van der Waals surface area contributed by atoms with E-state index in [1.54, 1.807) is 30.5 Å². The topological polar surface area (TPSA) is 86.4 Å². The predicted octanol–water partition coefficient (Wildman–Crippen LogP) is 3.72. The Labute approximate surface area is 169 Å². The highest BCUT2D eigenvalue weighted by Gasteiger charge is 2.09. The molecule has 0 bridgehead atoms. The summed E-state index contributed by atoms with van der Waals surface area (Å²) in [5.74, 6) is 0.599. The Balaban J connectivity index is 1.54. The second-order valence-electron chi connectivity index (χ2n) is 6.59. The summed E-state index contributed by atoms with van der Waals surface area (Å²) in [4.78, 5) is 30.7. The number of anilines is 3. The van der Waals surface area contributed by atoms with E-state index in [-0.39, 0.29) is 11.9 Å². The van der Waals surface area contributed by atoms with Gasteiger partial charge in [0.1, 0.15) is 5.82 Å². The average Bonchev–Trinajstić information content (AvgIpc) is 2.73. The number of carbonyl (C=O) groups excluding carboxylic acids is 2. The maximum Gasteiger partial charge on any atom is 0.319 e. The van der Waals surface area contributed by atoms with E-state index in [0.717, 1.165) is 17.1 Å². The van der Waals surface area contributed by atoms with Gasteiger partial charge in [-0.05, 0) is 42.5 Å². The Morgan fingerprint density at radius 3 is 2.24 bits per heavy atom. The van der Waals surface area contributed by atoms with E-state index < -0.39 is 0 Å². The number of hydrogen-bond acceptors (Lipinski definition) is 4. The fourth-order valence-electron chi connectivity index (χ4n) is 2.75. The molecule has 0 aliphatic heterocycles. The molecule has 1 aromatic heterocycles.